The standard InChI is InChI=1S/C31H40O10/c1-16-19(33)14-31(36)26(40-27(35)18-11-9-8-10-12-18)24-29(5,25(34)23(38-7)22(16)28(31,3)4)20(37-6)13-21-30(24,15-39-21)41-17(2)32/h8-12,19-21,23-24,26,33,36H,13-15H2,1-7H3/t19?,20-,21+,23+,24-,26-,29+,30-,31+/m0/s1. The number of benzene rings is 1. The molecule has 1 heterocycles. The lowest BCUT2D eigenvalue weighted by molar-refractivity contribution is -0.347. The van der Waals surface area contributed by atoms with Crippen molar-refractivity contribution in [2.24, 2.45) is 16.7 Å². The van der Waals surface area contributed by atoms with Crippen molar-refractivity contribution in [1.82, 2.24) is 0 Å². The zero-order valence-electron chi connectivity index (χ0n) is 24.6. The highest BCUT2D eigenvalue weighted by molar-refractivity contribution is 5.94. The molecule has 10 nitrogen and oxygen atoms in total. The molecular formula is C31H40O10. The molecule has 10 heteroatoms. The first-order valence-electron chi connectivity index (χ1n) is 14.0. The number of fused-ring (bicyclic) bond motifs is 5. The van der Waals surface area contributed by atoms with E-state index in [0.29, 0.717) is 11.1 Å². The third kappa shape index (κ3) is 3.98. The quantitative estimate of drug-likeness (QED) is 0.400. The van der Waals surface area contributed by atoms with E-state index in [4.69, 9.17) is 23.7 Å². The minimum Gasteiger partial charge on any atom is -0.455 e. The second kappa shape index (κ2) is 9.98. The van der Waals surface area contributed by atoms with E-state index < -0.39 is 70.4 Å². The Labute approximate surface area is 239 Å². The number of hydrogen-bond acceptors (Lipinski definition) is 10. The number of Topliss-reactive ketones (excluding diaryl/α,β-unsaturated/α-hetero) is 1. The van der Waals surface area contributed by atoms with Crippen LogP contribution in [0, 0.1) is 16.7 Å². The first kappa shape index (κ1) is 29.8. The highest BCUT2D eigenvalue weighted by Crippen LogP contribution is 2.64. The molecule has 1 saturated heterocycles. The number of hydrogen-bond donors (Lipinski definition) is 2. The Hall–Kier alpha value is -2.63. The van der Waals surface area contributed by atoms with Gasteiger partial charge in [0.05, 0.1) is 35.7 Å². The number of methoxy groups -OCH3 is 2. The smallest absolute Gasteiger partial charge is 0.338 e. The maximum atomic E-state index is 14.9. The molecule has 41 heavy (non-hydrogen) atoms. The first-order valence-corrected chi connectivity index (χ1v) is 14.0. The molecule has 0 aromatic heterocycles. The predicted molar refractivity (Wildman–Crippen MR) is 145 cm³/mol. The molecule has 2 N–H and O–H groups in total. The van der Waals surface area contributed by atoms with Crippen LogP contribution in [-0.4, -0.2) is 90.5 Å². The predicted octanol–water partition coefficient (Wildman–Crippen LogP) is 2.39. The monoisotopic (exact) mass is 572 g/mol. The van der Waals surface area contributed by atoms with Crippen molar-refractivity contribution in [1.29, 1.82) is 0 Å². The highest BCUT2D eigenvalue weighted by Gasteiger charge is 2.78. The van der Waals surface area contributed by atoms with Crippen LogP contribution < -0.4 is 0 Å². The fourth-order valence-electron chi connectivity index (χ4n) is 8.17. The molecule has 1 aromatic carbocycles. The number of ketones is 1. The number of rotatable bonds is 5. The average Bonchev–Trinajstić information content (AvgIpc) is 2.91. The molecule has 2 bridgehead atoms. The summed E-state index contributed by atoms with van der Waals surface area (Å²) in [6.45, 7) is 8.13. The van der Waals surface area contributed by atoms with Gasteiger partial charge in [-0.1, -0.05) is 32.0 Å². The summed E-state index contributed by atoms with van der Waals surface area (Å²) in [5.41, 5.74) is -4.88. The molecule has 3 aliphatic carbocycles. The largest absolute Gasteiger partial charge is 0.455 e. The molecule has 3 fully saturated rings. The lowest BCUT2D eigenvalue weighted by atomic mass is 9.44. The van der Waals surface area contributed by atoms with Crippen LogP contribution in [0.15, 0.2) is 41.5 Å². The van der Waals surface area contributed by atoms with Crippen LogP contribution in [0.5, 0.6) is 0 Å². The molecule has 5 rings (SSSR count). The maximum Gasteiger partial charge on any atom is 0.338 e. The molecule has 0 amide bonds. The summed E-state index contributed by atoms with van der Waals surface area (Å²) in [4.78, 5) is 41.2. The molecule has 0 spiro atoms. The third-order valence-electron chi connectivity index (χ3n) is 10.4. The van der Waals surface area contributed by atoms with Crippen molar-refractivity contribution < 1.29 is 48.3 Å². The molecule has 1 aromatic rings. The number of ether oxygens (including phenoxy) is 5. The first-order chi connectivity index (χ1) is 19.2. The molecule has 9 atom stereocenters. The molecule has 2 saturated carbocycles. The number of aliphatic hydroxyl groups is 2. The number of carbonyl (C=O) groups excluding carboxylic acids is 3. The van der Waals surface area contributed by atoms with Gasteiger partial charge in [-0.2, -0.15) is 0 Å². The molecule has 0 radical (unpaired) electrons. The van der Waals surface area contributed by atoms with Gasteiger partial charge in [0.1, 0.15) is 23.9 Å². The van der Waals surface area contributed by atoms with E-state index in [1.165, 1.54) is 21.1 Å². The summed E-state index contributed by atoms with van der Waals surface area (Å²) in [5, 5.41) is 24.2. The number of esters is 2. The van der Waals surface area contributed by atoms with Crippen molar-refractivity contribution in [3.8, 4) is 0 Å². The lowest BCUT2D eigenvalue weighted by Crippen LogP contribution is -2.82. The van der Waals surface area contributed by atoms with Crippen molar-refractivity contribution in [2.75, 3.05) is 20.8 Å². The van der Waals surface area contributed by atoms with E-state index in [-0.39, 0.29) is 30.8 Å². The van der Waals surface area contributed by atoms with Crippen LogP contribution in [0.2, 0.25) is 0 Å². The highest BCUT2D eigenvalue weighted by atomic mass is 16.6. The van der Waals surface area contributed by atoms with Crippen molar-refractivity contribution in [2.45, 2.75) is 89.2 Å². The topological polar surface area (TPSA) is 138 Å². The van der Waals surface area contributed by atoms with Crippen molar-refractivity contribution in [3.05, 3.63) is 47.0 Å². The average molecular weight is 573 g/mol. The molecule has 1 unspecified atom stereocenters. The Morgan fingerprint density at radius 1 is 1.07 bits per heavy atom. The minimum atomic E-state index is -1.93. The maximum absolute atomic E-state index is 14.9. The van der Waals surface area contributed by atoms with Gasteiger partial charge in [0.25, 0.3) is 0 Å². The second-order valence-electron chi connectivity index (χ2n) is 12.6. The normalized spacial score (nSPS) is 41.2. The fraction of sp³-hybridized carbons (Fsp3) is 0.645. The third-order valence-corrected chi connectivity index (χ3v) is 10.4. The summed E-state index contributed by atoms with van der Waals surface area (Å²) in [6.07, 6.45) is -5.17. The zero-order chi connectivity index (χ0) is 30.1. The SMILES string of the molecule is CO[C@H]1C(=O)[C@]2(C)[C@@H](OC)C[C@H]3OC[C@@]3(OC(C)=O)[C@H]2[C@H](OC(=O)c2ccccc2)[C@]2(O)CC(O)C(C)=C1C2(C)C. The summed E-state index contributed by atoms with van der Waals surface area (Å²) in [7, 11) is 2.89. The van der Waals surface area contributed by atoms with Gasteiger partial charge in [-0.15, -0.1) is 0 Å². The van der Waals surface area contributed by atoms with E-state index in [1.54, 1.807) is 58.0 Å². The van der Waals surface area contributed by atoms with E-state index in [1.807, 2.05) is 0 Å². The van der Waals surface area contributed by atoms with Crippen molar-refractivity contribution >= 4 is 17.7 Å². The summed E-state index contributed by atoms with van der Waals surface area (Å²) >= 11 is 0. The van der Waals surface area contributed by atoms with Crippen LogP contribution >= 0.6 is 0 Å². The summed E-state index contributed by atoms with van der Waals surface area (Å²) in [6, 6.07) is 8.32. The van der Waals surface area contributed by atoms with Crippen LogP contribution in [0.4, 0.5) is 0 Å². The van der Waals surface area contributed by atoms with Gasteiger partial charge in [0.15, 0.2) is 11.4 Å². The van der Waals surface area contributed by atoms with E-state index in [2.05, 4.69) is 0 Å². The summed E-state index contributed by atoms with van der Waals surface area (Å²) < 4.78 is 30.1. The van der Waals surface area contributed by atoms with Gasteiger partial charge in [0, 0.05) is 39.4 Å². The molecule has 1 aliphatic heterocycles. The number of carbonyl (C=O) groups is 3. The summed E-state index contributed by atoms with van der Waals surface area (Å²) in [5.74, 6) is -2.83. The van der Waals surface area contributed by atoms with Crippen LogP contribution in [0.3, 0.4) is 0 Å². The zero-order valence-corrected chi connectivity index (χ0v) is 24.6. The second-order valence-corrected chi connectivity index (χ2v) is 12.6. The van der Waals surface area contributed by atoms with E-state index >= 15 is 0 Å². The lowest BCUT2D eigenvalue weighted by Gasteiger charge is -2.67. The van der Waals surface area contributed by atoms with E-state index in [9.17, 15) is 24.6 Å². The van der Waals surface area contributed by atoms with Gasteiger partial charge in [-0.3, -0.25) is 9.59 Å². The van der Waals surface area contributed by atoms with Gasteiger partial charge in [-0.05, 0) is 37.1 Å². The van der Waals surface area contributed by atoms with Crippen LogP contribution in [0.25, 0.3) is 0 Å². The Morgan fingerprint density at radius 2 is 1.73 bits per heavy atom. The molecule has 224 valence electrons. The van der Waals surface area contributed by atoms with Crippen LogP contribution in [-0.2, 0) is 33.3 Å². The number of aliphatic hydroxyl groups excluding tert-OH is 1. The van der Waals surface area contributed by atoms with E-state index in [0.717, 1.165) is 0 Å². The Balaban J connectivity index is 1.84. The minimum absolute atomic E-state index is 0.0704. The fourth-order valence-corrected chi connectivity index (χ4v) is 8.17. The Morgan fingerprint density at radius 3 is 2.27 bits per heavy atom. The van der Waals surface area contributed by atoms with Gasteiger partial charge in [-0.25, -0.2) is 4.79 Å². The van der Waals surface area contributed by atoms with Crippen molar-refractivity contribution in [3.63, 3.8) is 0 Å². The Kier molecular flexibility index (Phi) is 7.27. The van der Waals surface area contributed by atoms with Gasteiger partial charge in [0.2, 0.25) is 0 Å². The van der Waals surface area contributed by atoms with Gasteiger partial charge < -0.3 is 33.9 Å². The van der Waals surface area contributed by atoms with Gasteiger partial charge >= 0.3 is 11.9 Å². The molecular weight excluding hydrogens is 532 g/mol. The van der Waals surface area contributed by atoms with Crippen LogP contribution in [0.1, 0.15) is 57.8 Å². The Bertz CT molecular complexity index is 1270. The molecule has 4 aliphatic rings.